The maximum absolute atomic E-state index is 13.2. The van der Waals surface area contributed by atoms with Gasteiger partial charge in [-0.25, -0.2) is 0 Å². The van der Waals surface area contributed by atoms with Crippen molar-refractivity contribution in [3.05, 3.63) is 0 Å². The third-order valence-corrected chi connectivity index (χ3v) is 9.11. The lowest BCUT2D eigenvalue weighted by molar-refractivity contribution is -0.141. The van der Waals surface area contributed by atoms with Crippen LogP contribution in [0.4, 0.5) is 0 Å². The molecule has 19 heteroatoms. The second kappa shape index (κ2) is 16.6. The first-order valence-corrected chi connectivity index (χ1v) is 15.1. The van der Waals surface area contributed by atoms with E-state index in [1.165, 1.54) is 13.8 Å². The predicted molar refractivity (Wildman–Crippen MR) is 156 cm³/mol. The second-order valence-electron chi connectivity index (χ2n) is 9.97. The Kier molecular flexibility index (Phi) is 14.4. The number of hydrogen-bond acceptors (Lipinski definition) is 10. The molecule has 5 atom stereocenters. The zero-order valence-corrected chi connectivity index (χ0v) is 25.4. The maximum Gasteiger partial charge on any atom is 0.305 e. The standard InChI is InChI=1S/C23H39N9O8S2/c1-10-18(37)31-13(8-15(34)35)20(39)32-16(17(24)36)23(3,4)42-41-9-14(29-11(2)33)21(40)30-12(19(38)28-10)6-5-7-27-22(25)26/h10,12-14,16H,5-9H2,1-4H3,(H2,24,36)(H,28,38)(H,29,33)(H,30,40)(H,31,37)(H,32,39)(H,34,35)(H4,25,26,27)/t10-,12+,13+,14+,16-/m0/s1. The smallest absolute Gasteiger partial charge is 0.305 e. The normalized spacial score (nSPS) is 25.9. The Labute approximate surface area is 250 Å². The van der Waals surface area contributed by atoms with Crippen molar-refractivity contribution in [1.82, 2.24) is 26.6 Å². The molecule has 0 unspecified atom stereocenters. The van der Waals surface area contributed by atoms with Crippen LogP contribution >= 0.6 is 21.6 Å². The highest BCUT2D eigenvalue weighted by Crippen LogP contribution is 2.38. The first kappa shape index (κ1) is 36.3. The minimum atomic E-state index is -1.61. The molecule has 0 radical (unpaired) electrons. The summed E-state index contributed by atoms with van der Waals surface area (Å²) >= 11 is 0. The van der Waals surface area contributed by atoms with Crippen molar-refractivity contribution in [2.45, 2.75) is 81.9 Å². The predicted octanol–water partition coefficient (Wildman–Crippen LogP) is -3.36. The van der Waals surface area contributed by atoms with E-state index in [0.717, 1.165) is 21.6 Å². The first-order chi connectivity index (χ1) is 19.4. The van der Waals surface area contributed by atoms with Gasteiger partial charge in [0, 0.05) is 24.0 Å². The number of carboxylic acid groups (broad SMARTS) is 1. The molecular formula is C23H39N9O8S2. The van der Waals surface area contributed by atoms with Gasteiger partial charge in [0.2, 0.25) is 35.4 Å². The van der Waals surface area contributed by atoms with Gasteiger partial charge in [-0.15, -0.1) is 0 Å². The molecule has 1 aliphatic rings. The summed E-state index contributed by atoms with van der Waals surface area (Å²) in [5, 5.41) is 21.5. The molecule has 1 heterocycles. The molecular weight excluding hydrogens is 594 g/mol. The molecule has 0 aromatic rings. The Morgan fingerprint density at radius 1 is 0.976 bits per heavy atom. The van der Waals surface area contributed by atoms with Crippen molar-refractivity contribution < 1.29 is 38.7 Å². The minimum absolute atomic E-state index is 0.0145. The molecule has 0 bridgehead atoms. The number of carbonyl (C=O) groups excluding carboxylic acids is 6. The van der Waals surface area contributed by atoms with Crippen molar-refractivity contribution in [3.63, 3.8) is 0 Å². The lowest BCUT2D eigenvalue weighted by atomic mass is 10.0. The average molecular weight is 634 g/mol. The largest absolute Gasteiger partial charge is 0.481 e. The molecule has 0 aromatic heterocycles. The molecule has 42 heavy (non-hydrogen) atoms. The lowest BCUT2D eigenvalue weighted by Crippen LogP contribution is -2.60. The molecule has 1 fully saturated rings. The fraction of sp³-hybridized carbons (Fsp3) is 0.652. The van der Waals surface area contributed by atoms with Crippen molar-refractivity contribution >= 4 is 69.0 Å². The number of nitrogens with two attached hydrogens (primary N) is 3. The number of carbonyl (C=O) groups is 7. The van der Waals surface area contributed by atoms with Crippen LogP contribution in [0, 0.1) is 0 Å². The zero-order valence-electron chi connectivity index (χ0n) is 23.7. The fourth-order valence-corrected chi connectivity index (χ4v) is 6.49. The van der Waals surface area contributed by atoms with Gasteiger partial charge in [-0.3, -0.25) is 38.6 Å². The number of rotatable bonds is 8. The number of aliphatic carboxylic acids is 1. The highest BCUT2D eigenvalue weighted by Gasteiger charge is 2.39. The van der Waals surface area contributed by atoms with Crippen molar-refractivity contribution in [3.8, 4) is 0 Å². The third kappa shape index (κ3) is 12.4. The van der Waals surface area contributed by atoms with Gasteiger partial charge in [-0.05, 0) is 33.6 Å². The maximum atomic E-state index is 13.2. The van der Waals surface area contributed by atoms with Gasteiger partial charge in [-0.2, -0.15) is 0 Å². The molecule has 17 nitrogen and oxygen atoms in total. The van der Waals surface area contributed by atoms with Crippen LogP contribution in [0.2, 0.25) is 0 Å². The van der Waals surface area contributed by atoms with E-state index in [-0.39, 0.29) is 31.1 Å². The molecule has 0 aliphatic carbocycles. The third-order valence-electron chi connectivity index (χ3n) is 5.81. The van der Waals surface area contributed by atoms with Crippen LogP contribution < -0.4 is 43.8 Å². The van der Waals surface area contributed by atoms with Crippen LogP contribution in [0.25, 0.3) is 0 Å². The first-order valence-electron chi connectivity index (χ1n) is 12.8. The fourth-order valence-electron chi connectivity index (χ4n) is 3.67. The van der Waals surface area contributed by atoms with Gasteiger partial charge in [0.1, 0.15) is 30.2 Å². The van der Waals surface area contributed by atoms with E-state index in [4.69, 9.17) is 17.2 Å². The van der Waals surface area contributed by atoms with Gasteiger partial charge in [0.25, 0.3) is 0 Å². The summed E-state index contributed by atoms with van der Waals surface area (Å²) in [6.07, 6.45) is -0.515. The van der Waals surface area contributed by atoms with Crippen molar-refractivity contribution in [2.75, 3.05) is 12.3 Å². The molecule has 0 aromatic carbocycles. The van der Waals surface area contributed by atoms with Crippen molar-refractivity contribution in [2.24, 2.45) is 22.2 Å². The minimum Gasteiger partial charge on any atom is -0.481 e. The van der Waals surface area contributed by atoms with E-state index < -0.39 is 82.8 Å². The van der Waals surface area contributed by atoms with E-state index in [1.54, 1.807) is 13.8 Å². The molecule has 6 amide bonds. The van der Waals surface area contributed by atoms with Gasteiger partial charge >= 0.3 is 5.97 Å². The monoisotopic (exact) mass is 633 g/mol. The summed E-state index contributed by atoms with van der Waals surface area (Å²) < 4.78 is -1.10. The van der Waals surface area contributed by atoms with Crippen LogP contribution in [0.1, 0.15) is 47.0 Å². The van der Waals surface area contributed by atoms with Gasteiger partial charge in [0.15, 0.2) is 5.96 Å². The number of hydrogen-bond donors (Lipinski definition) is 9. The van der Waals surface area contributed by atoms with E-state index >= 15 is 0 Å². The summed E-state index contributed by atoms with van der Waals surface area (Å²) in [5.41, 5.74) is 16.2. The van der Waals surface area contributed by atoms with Crippen LogP contribution in [0.5, 0.6) is 0 Å². The molecule has 1 rings (SSSR count). The van der Waals surface area contributed by atoms with Crippen LogP contribution in [0.3, 0.4) is 0 Å². The second-order valence-corrected chi connectivity index (χ2v) is 13.0. The Hall–Kier alpha value is -3.74. The van der Waals surface area contributed by atoms with E-state index in [0.29, 0.717) is 0 Å². The Morgan fingerprint density at radius 3 is 2.12 bits per heavy atom. The van der Waals surface area contributed by atoms with Crippen molar-refractivity contribution in [1.29, 1.82) is 0 Å². The number of carboxylic acids is 1. The number of primary amides is 1. The Bertz CT molecular complexity index is 1080. The molecule has 12 N–H and O–H groups in total. The number of aliphatic imine (C=N–C) groups is 1. The van der Waals surface area contributed by atoms with Crippen LogP contribution in [0.15, 0.2) is 4.99 Å². The van der Waals surface area contributed by atoms with Gasteiger partial charge < -0.3 is 48.9 Å². The van der Waals surface area contributed by atoms with Crippen LogP contribution in [-0.4, -0.2) is 99.7 Å². The highest BCUT2D eigenvalue weighted by atomic mass is 33.1. The SMILES string of the molecule is CC(=O)N[C@@H]1CSSC(C)(C)[C@H](C(N)=O)NC(=O)[C@@H](CC(=O)O)NC(=O)[C@H](C)NC(=O)[C@@H](CCCN=C(N)N)NC1=O. The Balaban J connectivity index is 3.46. The lowest BCUT2D eigenvalue weighted by Gasteiger charge is -2.33. The summed E-state index contributed by atoms with van der Waals surface area (Å²) in [4.78, 5) is 91.7. The number of nitrogens with one attached hydrogen (secondary N) is 5. The Morgan fingerprint density at radius 2 is 1.57 bits per heavy atom. The molecule has 1 saturated heterocycles. The molecule has 236 valence electrons. The highest BCUT2D eigenvalue weighted by molar-refractivity contribution is 8.77. The molecule has 1 aliphatic heterocycles. The van der Waals surface area contributed by atoms with Gasteiger partial charge in [-0.1, -0.05) is 21.6 Å². The van der Waals surface area contributed by atoms with Gasteiger partial charge in [0.05, 0.1) is 6.42 Å². The van der Waals surface area contributed by atoms with E-state index in [9.17, 15) is 38.7 Å². The average Bonchev–Trinajstić information content (AvgIpc) is 2.85. The number of amides is 6. The van der Waals surface area contributed by atoms with Crippen LogP contribution in [-0.2, 0) is 33.6 Å². The summed E-state index contributed by atoms with van der Waals surface area (Å²) in [5.74, 6) is -6.39. The quantitative estimate of drug-likeness (QED) is 0.0548. The summed E-state index contributed by atoms with van der Waals surface area (Å²) in [6, 6.07) is -6.51. The zero-order chi connectivity index (χ0) is 32.2. The van der Waals surface area contributed by atoms with E-state index in [2.05, 4.69) is 31.6 Å². The number of guanidine groups is 1. The summed E-state index contributed by atoms with van der Waals surface area (Å²) in [6.45, 7) is 5.82. The summed E-state index contributed by atoms with van der Waals surface area (Å²) in [7, 11) is 2.16. The van der Waals surface area contributed by atoms with E-state index in [1.807, 2.05) is 0 Å². The molecule has 0 spiro atoms. The topological polar surface area (TPSA) is 290 Å². The number of nitrogens with zero attached hydrogens (tertiary/aromatic N) is 1. The molecule has 0 saturated carbocycles.